The number of carbonyl (C=O) groups is 3. The molecule has 1 aliphatic heterocycles. The number of carbonyl (C=O) groups excluding carboxylic acids is 3. The van der Waals surface area contributed by atoms with Crippen molar-refractivity contribution in [2.45, 2.75) is 25.8 Å². The molecule has 0 atom stereocenters. The third-order valence-electron chi connectivity index (χ3n) is 5.29. The zero-order chi connectivity index (χ0) is 22.4. The van der Waals surface area contributed by atoms with Crippen molar-refractivity contribution in [3.05, 3.63) is 47.3 Å². The number of hydrogen-bond donors (Lipinski definition) is 2. The van der Waals surface area contributed by atoms with Gasteiger partial charge >= 0.3 is 0 Å². The van der Waals surface area contributed by atoms with E-state index in [1.807, 2.05) is 56.4 Å². The molecular weight excluding hydrogens is 396 g/mol. The van der Waals surface area contributed by atoms with Gasteiger partial charge < -0.3 is 20.4 Å². The van der Waals surface area contributed by atoms with E-state index in [0.717, 1.165) is 17.8 Å². The van der Waals surface area contributed by atoms with E-state index >= 15 is 0 Å². The third-order valence-corrected chi connectivity index (χ3v) is 5.29. The SMILES string of the molecule is CN(C)CCNC(=O)CCC(=O)N1CCc2c(c(C(=O)Nc3ccccc3)nn2C)C1. The minimum atomic E-state index is -0.294. The molecule has 9 heteroatoms. The van der Waals surface area contributed by atoms with Gasteiger partial charge in [0.05, 0.1) is 0 Å². The molecule has 0 saturated carbocycles. The van der Waals surface area contributed by atoms with Crippen molar-refractivity contribution in [1.82, 2.24) is 24.9 Å². The number of fused-ring (bicyclic) bond motifs is 1. The van der Waals surface area contributed by atoms with Crippen LogP contribution in [0.3, 0.4) is 0 Å². The number of anilines is 1. The summed E-state index contributed by atoms with van der Waals surface area (Å²) in [6.07, 6.45) is 0.928. The molecule has 0 unspecified atom stereocenters. The number of aromatic nitrogens is 2. The molecule has 0 radical (unpaired) electrons. The summed E-state index contributed by atoms with van der Waals surface area (Å²) in [6, 6.07) is 9.20. The van der Waals surface area contributed by atoms with Crippen LogP contribution < -0.4 is 10.6 Å². The van der Waals surface area contributed by atoms with Crippen molar-refractivity contribution in [1.29, 1.82) is 0 Å². The second-order valence-corrected chi connectivity index (χ2v) is 7.94. The highest BCUT2D eigenvalue weighted by atomic mass is 16.2. The quantitative estimate of drug-likeness (QED) is 0.657. The number of aryl methyl sites for hydroxylation is 1. The zero-order valence-corrected chi connectivity index (χ0v) is 18.4. The summed E-state index contributed by atoms with van der Waals surface area (Å²) in [6.45, 7) is 2.18. The molecule has 0 bridgehead atoms. The Labute approximate surface area is 182 Å². The fraction of sp³-hybridized carbons (Fsp3) is 0.455. The van der Waals surface area contributed by atoms with Gasteiger partial charge in [0, 0.05) is 69.4 Å². The molecule has 0 spiro atoms. The first-order valence-electron chi connectivity index (χ1n) is 10.5. The maximum Gasteiger partial charge on any atom is 0.276 e. The van der Waals surface area contributed by atoms with E-state index in [1.165, 1.54) is 0 Å². The monoisotopic (exact) mass is 426 g/mol. The number of amides is 3. The second kappa shape index (κ2) is 10.2. The van der Waals surface area contributed by atoms with E-state index in [0.29, 0.717) is 37.4 Å². The normalized spacial score (nSPS) is 13.1. The van der Waals surface area contributed by atoms with Crippen LogP contribution in [0.2, 0.25) is 0 Å². The van der Waals surface area contributed by atoms with Crippen molar-refractivity contribution in [3.8, 4) is 0 Å². The van der Waals surface area contributed by atoms with Crippen molar-refractivity contribution in [3.63, 3.8) is 0 Å². The fourth-order valence-electron chi connectivity index (χ4n) is 3.59. The number of nitrogens with one attached hydrogen (secondary N) is 2. The average molecular weight is 427 g/mol. The summed E-state index contributed by atoms with van der Waals surface area (Å²) in [7, 11) is 5.69. The molecule has 2 heterocycles. The highest BCUT2D eigenvalue weighted by Gasteiger charge is 2.29. The van der Waals surface area contributed by atoms with Gasteiger partial charge in [-0.15, -0.1) is 0 Å². The standard InChI is InChI=1S/C22H30N6O3/c1-26(2)14-12-23-19(29)9-10-20(30)28-13-11-18-17(15-28)21(25-27(18)3)22(31)24-16-7-5-4-6-8-16/h4-8H,9-15H2,1-3H3,(H,23,29)(H,24,31). The molecular formula is C22H30N6O3. The Morgan fingerprint density at radius 2 is 1.87 bits per heavy atom. The molecule has 2 N–H and O–H groups in total. The lowest BCUT2D eigenvalue weighted by Crippen LogP contribution is -2.38. The number of nitrogens with zero attached hydrogens (tertiary/aromatic N) is 4. The van der Waals surface area contributed by atoms with Crippen LogP contribution in [0.4, 0.5) is 5.69 Å². The maximum atomic E-state index is 12.8. The van der Waals surface area contributed by atoms with E-state index in [4.69, 9.17) is 0 Å². The van der Waals surface area contributed by atoms with Crippen molar-refractivity contribution in [2.24, 2.45) is 7.05 Å². The van der Waals surface area contributed by atoms with E-state index in [2.05, 4.69) is 15.7 Å². The van der Waals surface area contributed by atoms with Gasteiger partial charge in [-0.05, 0) is 26.2 Å². The molecule has 3 amide bonds. The largest absolute Gasteiger partial charge is 0.355 e. The maximum absolute atomic E-state index is 12.8. The second-order valence-electron chi connectivity index (χ2n) is 7.94. The Bertz CT molecular complexity index is 938. The third kappa shape index (κ3) is 5.91. The van der Waals surface area contributed by atoms with Crippen molar-refractivity contribution in [2.75, 3.05) is 39.0 Å². The summed E-state index contributed by atoms with van der Waals surface area (Å²) < 4.78 is 1.72. The molecule has 166 valence electrons. The Kier molecular flexibility index (Phi) is 7.41. The molecule has 0 saturated heterocycles. The summed E-state index contributed by atoms with van der Waals surface area (Å²) in [5.41, 5.74) is 2.76. The van der Waals surface area contributed by atoms with E-state index in [-0.39, 0.29) is 30.6 Å². The van der Waals surface area contributed by atoms with E-state index in [1.54, 1.807) is 9.58 Å². The minimum absolute atomic E-state index is 0.0910. The van der Waals surface area contributed by atoms with Gasteiger partial charge in [-0.1, -0.05) is 18.2 Å². The number of benzene rings is 1. The number of rotatable bonds is 8. The lowest BCUT2D eigenvalue weighted by molar-refractivity contribution is -0.134. The van der Waals surface area contributed by atoms with Gasteiger partial charge in [-0.25, -0.2) is 0 Å². The topological polar surface area (TPSA) is 99.6 Å². The number of likely N-dealkylation sites (N-methyl/N-ethyl adjacent to an activating group) is 1. The van der Waals surface area contributed by atoms with Crippen LogP contribution in [0.1, 0.15) is 34.6 Å². The summed E-state index contributed by atoms with van der Waals surface area (Å²) in [4.78, 5) is 41.1. The molecule has 1 aromatic heterocycles. The molecule has 9 nitrogen and oxygen atoms in total. The Balaban J connectivity index is 1.60. The van der Waals surface area contributed by atoms with Crippen LogP contribution in [-0.4, -0.2) is 71.0 Å². The van der Waals surface area contributed by atoms with Crippen LogP contribution in [0.5, 0.6) is 0 Å². The predicted molar refractivity (Wildman–Crippen MR) is 118 cm³/mol. The molecule has 2 aromatic rings. The lowest BCUT2D eigenvalue weighted by Gasteiger charge is -2.27. The molecule has 31 heavy (non-hydrogen) atoms. The van der Waals surface area contributed by atoms with Gasteiger partial charge in [-0.3, -0.25) is 19.1 Å². The number of para-hydroxylation sites is 1. The first-order chi connectivity index (χ1) is 14.8. The van der Waals surface area contributed by atoms with Crippen LogP contribution in [0.25, 0.3) is 0 Å². The van der Waals surface area contributed by atoms with Crippen molar-refractivity contribution >= 4 is 23.4 Å². The minimum Gasteiger partial charge on any atom is -0.355 e. The molecule has 0 fully saturated rings. The van der Waals surface area contributed by atoms with Gasteiger partial charge in [0.1, 0.15) is 0 Å². The molecule has 1 aliphatic rings. The van der Waals surface area contributed by atoms with E-state index in [9.17, 15) is 14.4 Å². The van der Waals surface area contributed by atoms with E-state index < -0.39 is 0 Å². The molecule has 3 rings (SSSR count). The number of hydrogen-bond acceptors (Lipinski definition) is 5. The van der Waals surface area contributed by atoms with Crippen LogP contribution in [0.15, 0.2) is 30.3 Å². The average Bonchev–Trinajstić information content (AvgIpc) is 3.08. The van der Waals surface area contributed by atoms with Crippen LogP contribution in [-0.2, 0) is 29.6 Å². The Morgan fingerprint density at radius 3 is 2.58 bits per heavy atom. The molecule has 1 aromatic carbocycles. The van der Waals surface area contributed by atoms with Crippen LogP contribution in [0, 0.1) is 0 Å². The summed E-state index contributed by atoms with van der Waals surface area (Å²) >= 11 is 0. The fourth-order valence-corrected chi connectivity index (χ4v) is 3.59. The lowest BCUT2D eigenvalue weighted by atomic mass is 10.0. The van der Waals surface area contributed by atoms with Gasteiger partial charge in [0.25, 0.3) is 5.91 Å². The Hall–Kier alpha value is -3.20. The van der Waals surface area contributed by atoms with Gasteiger partial charge in [0.2, 0.25) is 11.8 Å². The smallest absolute Gasteiger partial charge is 0.276 e. The molecule has 0 aliphatic carbocycles. The first-order valence-corrected chi connectivity index (χ1v) is 10.5. The first kappa shape index (κ1) is 22.5. The van der Waals surface area contributed by atoms with Crippen molar-refractivity contribution < 1.29 is 14.4 Å². The zero-order valence-electron chi connectivity index (χ0n) is 18.4. The Morgan fingerprint density at radius 1 is 1.13 bits per heavy atom. The summed E-state index contributed by atoms with van der Waals surface area (Å²) in [5, 5.41) is 10.1. The van der Waals surface area contributed by atoms with Gasteiger partial charge in [0.15, 0.2) is 5.69 Å². The summed E-state index contributed by atoms with van der Waals surface area (Å²) in [5.74, 6) is -0.512. The predicted octanol–water partition coefficient (Wildman–Crippen LogP) is 1.02. The highest BCUT2D eigenvalue weighted by molar-refractivity contribution is 6.04. The van der Waals surface area contributed by atoms with Gasteiger partial charge in [-0.2, -0.15) is 5.10 Å². The van der Waals surface area contributed by atoms with Crippen LogP contribution >= 0.6 is 0 Å². The highest BCUT2D eigenvalue weighted by Crippen LogP contribution is 2.23.